The van der Waals surface area contributed by atoms with Gasteiger partial charge >= 0.3 is 0 Å². The van der Waals surface area contributed by atoms with E-state index in [1.807, 2.05) is 6.07 Å². The van der Waals surface area contributed by atoms with Crippen LogP contribution in [0.25, 0.3) is 0 Å². The van der Waals surface area contributed by atoms with Crippen LogP contribution < -0.4 is 10.1 Å². The lowest BCUT2D eigenvalue weighted by atomic mass is 10.2. The van der Waals surface area contributed by atoms with Gasteiger partial charge in [0.25, 0.3) is 0 Å². The van der Waals surface area contributed by atoms with Crippen LogP contribution in [0.2, 0.25) is 0 Å². The molecule has 0 atom stereocenters. The van der Waals surface area contributed by atoms with Crippen LogP contribution in [-0.2, 0) is 0 Å². The molecule has 0 bridgehead atoms. The lowest BCUT2D eigenvalue weighted by molar-refractivity contribution is 0.321. The Morgan fingerprint density at radius 3 is 3.42 bits per heavy atom. The molecule has 1 aliphatic heterocycles. The first kappa shape index (κ1) is 6.99. The summed E-state index contributed by atoms with van der Waals surface area (Å²) in [6.45, 7) is 1.47. The molecule has 0 fully saturated rings. The Hall–Kier alpha value is -1.69. The number of fused-ring (bicyclic) bond motifs is 1. The van der Waals surface area contributed by atoms with Gasteiger partial charge in [0.15, 0.2) is 11.6 Å². The van der Waals surface area contributed by atoms with E-state index in [4.69, 9.17) is 11.2 Å². The number of rotatable bonds is 0. The van der Waals surface area contributed by atoms with Gasteiger partial charge in [0.2, 0.25) is 0 Å². The van der Waals surface area contributed by atoms with Crippen molar-refractivity contribution >= 4 is 5.82 Å². The quantitative estimate of drug-likeness (QED) is 0.572. The van der Waals surface area contributed by atoms with E-state index < -0.39 is 0 Å². The van der Waals surface area contributed by atoms with E-state index in [1.54, 1.807) is 6.20 Å². The molecule has 1 aromatic rings. The fraction of sp³-hybridized carbons (Fsp3) is 0.222. The molecule has 2 heterocycles. The average Bonchev–Trinajstić information content (AvgIpc) is 2.17. The van der Waals surface area contributed by atoms with Crippen LogP contribution in [0.1, 0.15) is 5.56 Å². The van der Waals surface area contributed by atoms with Crippen LogP contribution >= 0.6 is 0 Å². The van der Waals surface area contributed by atoms with Crippen molar-refractivity contribution in [3.63, 3.8) is 0 Å². The summed E-state index contributed by atoms with van der Waals surface area (Å²) in [6.07, 6.45) is 6.87. The molecule has 0 saturated heterocycles. The van der Waals surface area contributed by atoms with Crippen molar-refractivity contribution in [1.82, 2.24) is 4.98 Å². The SMILES string of the molecule is C#Cc1cnc2c(c1)OCCN2. The van der Waals surface area contributed by atoms with Gasteiger partial charge in [-0.15, -0.1) is 6.42 Å². The Morgan fingerprint density at radius 1 is 1.67 bits per heavy atom. The zero-order chi connectivity index (χ0) is 8.39. The highest BCUT2D eigenvalue weighted by Crippen LogP contribution is 2.24. The van der Waals surface area contributed by atoms with Gasteiger partial charge in [-0.3, -0.25) is 0 Å². The second kappa shape index (κ2) is 2.74. The van der Waals surface area contributed by atoms with E-state index in [0.29, 0.717) is 6.61 Å². The molecule has 0 saturated carbocycles. The summed E-state index contributed by atoms with van der Waals surface area (Å²) in [4.78, 5) is 4.11. The monoisotopic (exact) mass is 160 g/mol. The van der Waals surface area contributed by atoms with Gasteiger partial charge in [-0.2, -0.15) is 0 Å². The third-order valence-corrected chi connectivity index (χ3v) is 1.67. The molecule has 0 aliphatic carbocycles. The van der Waals surface area contributed by atoms with E-state index >= 15 is 0 Å². The molecule has 1 N–H and O–H groups in total. The van der Waals surface area contributed by atoms with E-state index in [0.717, 1.165) is 23.7 Å². The fourth-order valence-electron chi connectivity index (χ4n) is 1.10. The summed E-state index contributed by atoms with van der Waals surface area (Å²) in [5.74, 6) is 4.03. The molecule has 1 aliphatic rings. The molecule has 12 heavy (non-hydrogen) atoms. The molecule has 0 amide bonds. The predicted octanol–water partition coefficient (Wildman–Crippen LogP) is 0.867. The number of anilines is 1. The summed E-state index contributed by atoms with van der Waals surface area (Å²) in [5.41, 5.74) is 0.748. The Labute approximate surface area is 70.8 Å². The van der Waals surface area contributed by atoms with Gasteiger partial charge in [0, 0.05) is 17.8 Å². The maximum Gasteiger partial charge on any atom is 0.168 e. The minimum Gasteiger partial charge on any atom is -0.488 e. The van der Waals surface area contributed by atoms with Crippen molar-refractivity contribution in [1.29, 1.82) is 0 Å². The summed E-state index contributed by atoms with van der Waals surface area (Å²) in [7, 11) is 0. The molecule has 0 unspecified atom stereocenters. The van der Waals surface area contributed by atoms with Gasteiger partial charge < -0.3 is 10.1 Å². The van der Waals surface area contributed by atoms with E-state index in [2.05, 4.69) is 16.2 Å². The highest BCUT2D eigenvalue weighted by Gasteiger charge is 2.09. The van der Waals surface area contributed by atoms with Crippen LogP contribution in [-0.4, -0.2) is 18.1 Å². The van der Waals surface area contributed by atoms with Crippen LogP contribution in [0.4, 0.5) is 5.82 Å². The van der Waals surface area contributed by atoms with E-state index in [1.165, 1.54) is 0 Å². The Bertz CT molecular complexity index is 341. The van der Waals surface area contributed by atoms with Gasteiger partial charge in [-0.1, -0.05) is 5.92 Å². The van der Waals surface area contributed by atoms with Crippen molar-refractivity contribution in [2.45, 2.75) is 0 Å². The molecule has 3 heteroatoms. The second-order valence-corrected chi connectivity index (χ2v) is 2.49. The van der Waals surface area contributed by atoms with Crippen molar-refractivity contribution in [3.8, 4) is 18.1 Å². The average molecular weight is 160 g/mol. The lowest BCUT2D eigenvalue weighted by Crippen LogP contribution is -2.18. The number of hydrogen-bond donors (Lipinski definition) is 1. The zero-order valence-electron chi connectivity index (χ0n) is 6.50. The van der Waals surface area contributed by atoms with Crippen molar-refractivity contribution in [2.75, 3.05) is 18.5 Å². The highest BCUT2D eigenvalue weighted by molar-refractivity contribution is 5.54. The second-order valence-electron chi connectivity index (χ2n) is 2.49. The fourth-order valence-corrected chi connectivity index (χ4v) is 1.10. The van der Waals surface area contributed by atoms with Crippen LogP contribution in [0.15, 0.2) is 12.3 Å². The molecular weight excluding hydrogens is 152 g/mol. The third-order valence-electron chi connectivity index (χ3n) is 1.67. The Balaban J connectivity index is 2.44. The first-order valence-corrected chi connectivity index (χ1v) is 3.73. The molecule has 1 aromatic heterocycles. The number of ether oxygens (including phenoxy) is 1. The lowest BCUT2D eigenvalue weighted by Gasteiger charge is -2.17. The summed E-state index contributed by atoms with van der Waals surface area (Å²) in [6, 6.07) is 1.81. The minimum atomic E-state index is 0.669. The van der Waals surface area contributed by atoms with E-state index in [9.17, 15) is 0 Å². The minimum absolute atomic E-state index is 0.669. The molecule has 0 aromatic carbocycles. The third kappa shape index (κ3) is 1.08. The molecule has 0 spiro atoms. The summed E-state index contributed by atoms with van der Waals surface area (Å²) < 4.78 is 5.35. The normalized spacial score (nSPS) is 13.6. The van der Waals surface area contributed by atoms with Crippen LogP contribution in [0.5, 0.6) is 5.75 Å². The summed E-state index contributed by atoms with van der Waals surface area (Å²) in [5, 5.41) is 3.11. The maximum atomic E-state index is 5.35. The number of aromatic nitrogens is 1. The number of hydrogen-bond acceptors (Lipinski definition) is 3. The van der Waals surface area contributed by atoms with Crippen molar-refractivity contribution < 1.29 is 4.74 Å². The standard InChI is InChI=1S/C9H8N2O/c1-2-7-5-8-9(11-6-7)10-3-4-12-8/h1,5-6H,3-4H2,(H,10,11). The molecular formula is C9H8N2O. The van der Waals surface area contributed by atoms with Crippen molar-refractivity contribution in [2.24, 2.45) is 0 Å². The van der Waals surface area contributed by atoms with E-state index in [-0.39, 0.29) is 0 Å². The molecule has 3 nitrogen and oxygen atoms in total. The first-order chi connectivity index (χ1) is 5.90. The maximum absolute atomic E-state index is 5.35. The number of nitrogens with one attached hydrogen (secondary N) is 1. The topological polar surface area (TPSA) is 34.1 Å². The van der Waals surface area contributed by atoms with Gasteiger partial charge in [-0.05, 0) is 0 Å². The van der Waals surface area contributed by atoms with Crippen LogP contribution in [0, 0.1) is 12.3 Å². The Kier molecular flexibility index (Phi) is 1.60. The number of pyridine rings is 1. The van der Waals surface area contributed by atoms with Gasteiger partial charge in [-0.25, -0.2) is 4.98 Å². The summed E-state index contributed by atoms with van der Waals surface area (Å²) >= 11 is 0. The number of nitrogens with zero attached hydrogens (tertiary/aromatic N) is 1. The van der Waals surface area contributed by atoms with Crippen LogP contribution in [0.3, 0.4) is 0 Å². The highest BCUT2D eigenvalue weighted by atomic mass is 16.5. The molecule has 60 valence electrons. The largest absolute Gasteiger partial charge is 0.488 e. The molecule has 2 rings (SSSR count). The van der Waals surface area contributed by atoms with Gasteiger partial charge in [0.05, 0.1) is 6.54 Å². The molecule has 0 radical (unpaired) electrons. The number of terminal acetylenes is 1. The smallest absolute Gasteiger partial charge is 0.168 e. The Morgan fingerprint density at radius 2 is 2.58 bits per heavy atom. The first-order valence-electron chi connectivity index (χ1n) is 3.73. The van der Waals surface area contributed by atoms with Crippen molar-refractivity contribution in [3.05, 3.63) is 17.8 Å². The zero-order valence-corrected chi connectivity index (χ0v) is 6.50. The predicted molar refractivity (Wildman–Crippen MR) is 46.2 cm³/mol. The van der Waals surface area contributed by atoms with Gasteiger partial charge in [0.1, 0.15) is 6.61 Å².